The van der Waals surface area contributed by atoms with Gasteiger partial charge in [-0.2, -0.15) is 0 Å². The van der Waals surface area contributed by atoms with E-state index in [1.165, 1.54) is 5.56 Å². The fraction of sp³-hybridized carbons (Fsp3) is 0.583. The van der Waals surface area contributed by atoms with Crippen molar-refractivity contribution in [1.29, 1.82) is 0 Å². The molecule has 0 amide bonds. The molecule has 0 aromatic carbocycles. The Hall–Kier alpha value is -1.29. The normalized spacial score (nSPS) is 22.1. The molecule has 1 spiro atoms. The Morgan fingerprint density at radius 2 is 2.19 bits per heavy atom. The van der Waals surface area contributed by atoms with E-state index < -0.39 is 0 Å². The van der Waals surface area contributed by atoms with E-state index in [1.54, 1.807) is 0 Å². The summed E-state index contributed by atoms with van der Waals surface area (Å²) in [7, 11) is 0. The molecule has 1 aromatic rings. The number of hydrogen-bond donors (Lipinski definition) is 2. The van der Waals surface area contributed by atoms with Crippen molar-refractivity contribution in [3.8, 4) is 0 Å². The molecule has 3 rings (SSSR count). The van der Waals surface area contributed by atoms with Crippen LogP contribution in [0.1, 0.15) is 18.4 Å². The van der Waals surface area contributed by atoms with Crippen molar-refractivity contribution in [3.05, 3.63) is 17.8 Å². The Balaban J connectivity index is 1.88. The van der Waals surface area contributed by atoms with E-state index in [-0.39, 0.29) is 5.54 Å². The van der Waals surface area contributed by atoms with E-state index in [2.05, 4.69) is 28.6 Å². The predicted octanol–water partition coefficient (Wildman–Crippen LogP) is 1.78. The summed E-state index contributed by atoms with van der Waals surface area (Å²) in [6, 6.07) is 2.14. The van der Waals surface area contributed by atoms with Crippen molar-refractivity contribution in [2.24, 2.45) is 0 Å². The van der Waals surface area contributed by atoms with Gasteiger partial charge in [-0.15, -0.1) is 0 Å². The third-order valence-corrected chi connectivity index (χ3v) is 3.48. The summed E-state index contributed by atoms with van der Waals surface area (Å²) in [5.41, 5.74) is 2.46. The van der Waals surface area contributed by atoms with Gasteiger partial charge in [0, 0.05) is 26.0 Å². The van der Waals surface area contributed by atoms with Crippen LogP contribution in [0.25, 0.3) is 0 Å². The second kappa shape index (κ2) is 3.63. The lowest BCUT2D eigenvalue weighted by molar-refractivity contribution is 0.0633. The first-order valence-corrected chi connectivity index (χ1v) is 5.84. The zero-order chi connectivity index (χ0) is 11.0. The number of nitrogens with zero attached hydrogens (tertiary/aromatic N) is 1. The van der Waals surface area contributed by atoms with Gasteiger partial charge >= 0.3 is 0 Å². The van der Waals surface area contributed by atoms with Gasteiger partial charge in [0.15, 0.2) is 0 Å². The highest BCUT2D eigenvalue weighted by atomic mass is 16.5. The molecule has 0 aliphatic carbocycles. The van der Waals surface area contributed by atoms with Gasteiger partial charge in [0.05, 0.1) is 11.2 Å². The van der Waals surface area contributed by atoms with E-state index in [4.69, 9.17) is 4.74 Å². The maximum atomic E-state index is 5.42. The van der Waals surface area contributed by atoms with E-state index in [1.807, 2.05) is 6.20 Å². The summed E-state index contributed by atoms with van der Waals surface area (Å²) < 4.78 is 5.42. The lowest BCUT2D eigenvalue weighted by Crippen LogP contribution is -2.51. The number of nitrogens with one attached hydrogen (secondary N) is 2. The van der Waals surface area contributed by atoms with E-state index in [9.17, 15) is 0 Å². The lowest BCUT2D eigenvalue weighted by atomic mass is 9.88. The molecule has 2 aliphatic rings. The van der Waals surface area contributed by atoms with Gasteiger partial charge in [-0.3, -0.25) is 0 Å². The van der Waals surface area contributed by atoms with Crippen LogP contribution in [-0.4, -0.2) is 30.3 Å². The van der Waals surface area contributed by atoms with Crippen molar-refractivity contribution in [2.45, 2.75) is 25.3 Å². The molecular weight excluding hydrogens is 202 g/mol. The SMILES string of the molecule is Cc1cnc2c(c1)NCC1(CCOCC1)N2. The van der Waals surface area contributed by atoms with Crippen LogP contribution in [0.3, 0.4) is 0 Å². The Kier molecular flexibility index (Phi) is 2.24. The molecule has 1 aromatic heterocycles. The second-order valence-electron chi connectivity index (χ2n) is 4.78. The fourth-order valence-electron chi connectivity index (χ4n) is 2.43. The van der Waals surface area contributed by atoms with Crippen LogP contribution < -0.4 is 10.6 Å². The zero-order valence-corrected chi connectivity index (χ0v) is 9.55. The first kappa shape index (κ1) is 9.90. The van der Waals surface area contributed by atoms with Gasteiger partial charge in [-0.1, -0.05) is 0 Å². The van der Waals surface area contributed by atoms with E-state index in [0.717, 1.165) is 44.1 Å². The first-order chi connectivity index (χ1) is 7.77. The van der Waals surface area contributed by atoms with Crippen molar-refractivity contribution < 1.29 is 4.74 Å². The summed E-state index contributed by atoms with van der Waals surface area (Å²) in [4.78, 5) is 4.45. The monoisotopic (exact) mass is 219 g/mol. The molecule has 3 heterocycles. The maximum Gasteiger partial charge on any atom is 0.149 e. The summed E-state index contributed by atoms with van der Waals surface area (Å²) in [6.07, 6.45) is 4.01. The van der Waals surface area contributed by atoms with Crippen LogP contribution >= 0.6 is 0 Å². The summed E-state index contributed by atoms with van der Waals surface area (Å²) in [5.74, 6) is 0.985. The van der Waals surface area contributed by atoms with Crippen LogP contribution in [0.4, 0.5) is 11.5 Å². The zero-order valence-electron chi connectivity index (χ0n) is 9.55. The molecule has 1 fully saturated rings. The maximum absolute atomic E-state index is 5.42. The van der Waals surface area contributed by atoms with Crippen LogP contribution in [-0.2, 0) is 4.74 Å². The largest absolute Gasteiger partial charge is 0.381 e. The Labute approximate surface area is 95.4 Å². The lowest BCUT2D eigenvalue weighted by Gasteiger charge is -2.42. The van der Waals surface area contributed by atoms with Gasteiger partial charge in [0.25, 0.3) is 0 Å². The smallest absolute Gasteiger partial charge is 0.149 e. The highest BCUT2D eigenvalue weighted by Crippen LogP contribution is 2.33. The average molecular weight is 219 g/mol. The summed E-state index contributed by atoms with van der Waals surface area (Å²) in [5, 5.41) is 7.07. The summed E-state index contributed by atoms with van der Waals surface area (Å²) in [6.45, 7) is 4.72. The quantitative estimate of drug-likeness (QED) is 0.698. The first-order valence-electron chi connectivity index (χ1n) is 5.84. The number of rotatable bonds is 0. The standard InChI is InChI=1S/C12H17N3O/c1-9-6-10-11(13-7-9)15-12(8-14-10)2-4-16-5-3-12/h6-7,14H,2-5,8H2,1H3,(H,13,15). The van der Waals surface area contributed by atoms with E-state index in [0.29, 0.717) is 0 Å². The number of pyridine rings is 1. The third-order valence-electron chi connectivity index (χ3n) is 3.48. The van der Waals surface area contributed by atoms with E-state index >= 15 is 0 Å². The minimum absolute atomic E-state index is 0.146. The molecule has 4 heteroatoms. The highest BCUT2D eigenvalue weighted by Gasteiger charge is 2.36. The highest BCUT2D eigenvalue weighted by molar-refractivity contribution is 5.68. The molecule has 1 saturated heterocycles. The molecule has 0 atom stereocenters. The molecule has 0 radical (unpaired) electrons. The minimum atomic E-state index is 0.146. The van der Waals surface area contributed by atoms with Gasteiger partial charge < -0.3 is 15.4 Å². The van der Waals surface area contributed by atoms with Gasteiger partial charge in [0.1, 0.15) is 5.82 Å². The number of aryl methyl sites for hydroxylation is 1. The molecule has 4 nitrogen and oxygen atoms in total. The van der Waals surface area contributed by atoms with Crippen LogP contribution in [0.5, 0.6) is 0 Å². The molecular formula is C12H17N3O. The Morgan fingerprint density at radius 1 is 1.38 bits per heavy atom. The van der Waals surface area contributed by atoms with Crippen LogP contribution in [0.15, 0.2) is 12.3 Å². The average Bonchev–Trinajstić information content (AvgIpc) is 2.31. The number of aromatic nitrogens is 1. The molecule has 0 bridgehead atoms. The topological polar surface area (TPSA) is 46.2 Å². The number of fused-ring (bicyclic) bond motifs is 1. The second-order valence-corrected chi connectivity index (χ2v) is 4.78. The van der Waals surface area contributed by atoms with Gasteiger partial charge in [0.2, 0.25) is 0 Å². The summed E-state index contributed by atoms with van der Waals surface area (Å²) >= 11 is 0. The molecule has 16 heavy (non-hydrogen) atoms. The number of anilines is 2. The molecule has 86 valence electrons. The molecule has 2 aliphatic heterocycles. The Morgan fingerprint density at radius 3 is 3.00 bits per heavy atom. The van der Waals surface area contributed by atoms with Crippen molar-refractivity contribution in [2.75, 3.05) is 30.4 Å². The fourth-order valence-corrected chi connectivity index (χ4v) is 2.43. The predicted molar refractivity (Wildman–Crippen MR) is 63.9 cm³/mol. The molecule has 0 unspecified atom stereocenters. The van der Waals surface area contributed by atoms with Gasteiger partial charge in [-0.25, -0.2) is 4.98 Å². The Bertz CT molecular complexity index is 399. The van der Waals surface area contributed by atoms with Crippen molar-refractivity contribution in [1.82, 2.24) is 4.98 Å². The van der Waals surface area contributed by atoms with Crippen LogP contribution in [0, 0.1) is 6.92 Å². The van der Waals surface area contributed by atoms with Crippen LogP contribution in [0.2, 0.25) is 0 Å². The molecule has 2 N–H and O–H groups in total. The number of hydrogen-bond acceptors (Lipinski definition) is 4. The minimum Gasteiger partial charge on any atom is -0.381 e. The van der Waals surface area contributed by atoms with Gasteiger partial charge in [-0.05, 0) is 31.4 Å². The third kappa shape index (κ3) is 1.63. The van der Waals surface area contributed by atoms with Crippen molar-refractivity contribution in [3.63, 3.8) is 0 Å². The van der Waals surface area contributed by atoms with Crippen molar-refractivity contribution >= 4 is 11.5 Å². The number of ether oxygens (including phenoxy) is 1. The molecule has 0 saturated carbocycles.